The summed E-state index contributed by atoms with van der Waals surface area (Å²) in [5.41, 5.74) is 0.855. The van der Waals surface area contributed by atoms with E-state index >= 15 is 0 Å². The Morgan fingerprint density at radius 2 is 2.18 bits per heavy atom. The van der Waals surface area contributed by atoms with E-state index in [1.54, 1.807) is 0 Å². The van der Waals surface area contributed by atoms with E-state index in [1.807, 2.05) is 17.2 Å². The van der Waals surface area contributed by atoms with Gasteiger partial charge in [-0.25, -0.2) is 0 Å². The third-order valence-corrected chi connectivity index (χ3v) is 4.22. The first-order chi connectivity index (χ1) is 8.16. The van der Waals surface area contributed by atoms with Crippen LogP contribution in [0.5, 0.6) is 0 Å². The quantitative estimate of drug-likeness (QED) is 0.823. The summed E-state index contributed by atoms with van der Waals surface area (Å²) in [7, 11) is 0. The Morgan fingerprint density at radius 1 is 1.41 bits per heavy atom. The minimum absolute atomic E-state index is 0.201. The van der Waals surface area contributed by atoms with Gasteiger partial charge in [-0.05, 0) is 54.6 Å². The van der Waals surface area contributed by atoms with E-state index in [4.69, 9.17) is 0 Å². The zero-order chi connectivity index (χ0) is 12.0. The zero-order valence-electron chi connectivity index (χ0n) is 10.0. The molecular weight excluding hydrogens is 280 g/mol. The van der Waals surface area contributed by atoms with Gasteiger partial charge in [-0.2, -0.15) is 0 Å². The molecule has 92 valence electrons. The predicted molar refractivity (Wildman–Crippen MR) is 70.1 cm³/mol. The molecule has 17 heavy (non-hydrogen) atoms. The Hall–Kier alpha value is -0.770. The lowest BCUT2D eigenvalue weighted by Gasteiger charge is -2.22. The van der Waals surface area contributed by atoms with Crippen molar-refractivity contribution in [1.29, 1.82) is 0 Å². The van der Waals surface area contributed by atoms with Crippen molar-refractivity contribution in [2.45, 2.75) is 44.7 Å². The number of aromatic nitrogens is 1. The van der Waals surface area contributed by atoms with Crippen molar-refractivity contribution in [2.24, 2.45) is 0 Å². The van der Waals surface area contributed by atoms with Crippen LogP contribution in [-0.4, -0.2) is 28.0 Å². The van der Waals surface area contributed by atoms with Gasteiger partial charge in [0.25, 0.3) is 5.91 Å². The van der Waals surface area contributed by atoms with E-state index in [2.05, 4.69) is 27.4 Å². The minimum Gasteiger partial charge on any atom is -0.339 e. The molecule has 1 saturated heterocycles. The highest BCUT2D eigenvalue weighted by Gasteiger charge is 2.32. The summed E-state index contributed by atoms with van der Waals surface area (Å²) in [6.45, 7) is 3.05. The van der Waals surface area contributed by atoms with Gasteiger partial charge < -0.3 is 9.47 Å². The molecule has 1 aliphatic heterocycles. The number of nitrogens with zero attached hydrogens (tertiary/aromatic N) is 2. The average Bonchev–Trinajstić information content (AvgIpc) is 2.94. The maximum absolute atomic E-state index is 12.5. The van der Waals surface area contributed by atoms with E-state index in [-0.39, 0.29) is 5.91 Å². The second-order valence-corrected chi connectivity index (χ2v) is 6.09. The number of hydrogen-bond donors (Lipinski definition) is 0. The second-order valence-electron chi connectivity index (χ2n) is 5.17. The third-order valence-electron chi connectivity index (χ3n) is 3.79. The first kappa shape index (κ1) is 11.3. The smallest absolute Gasteiger partial charge is 0.270 e. The van der Waals surface area contributed by atoms with Crippen LogP contribution in [0.25, 0.3) is 0 Å². The normalized spacial score (nSPS) is 24.4. The van der Waals surface area contributed by atoms with Crippen molar-refractivity contribution in [3.05, 3.63) is 22.4 Å². The number of carbonyl (C=O) groups is 1. The summed E-state index contributed by atoms with van der Waals surface area (Å²) in [5.74, 6) is 0.201. The summed E-state index contributed by atoms with van der Waals surface area (Å²) in [4.78, 5) is 14.5. The standard InChI is InChI=1S/C13H17BrN2O/c1-9-3-2-6-15(9)13(17)12-7-10(14)8-16(12)11-4-5-11/h7-9,11H,2-6H2,1H3. The van der Waals surface area contributed by atoms with Crippen molar-refractivity contribution >= 4 is 21.8 Å². The molecule has 2 aliphatic rings. The molecule has 0 bridgehead atoms. The maximum Gasteiger partial charge on any atom is 0.270 e. The van der Waals surface area contributed by atoms with E-state index < -0.39 is 0 Å². The Morgan fingerprint density at radius 3 is 2.76 bits per heavy atom. The number of amides is 1. The first-order valence-electron chi connectivity index (χ1n) is 6.35. The Labute approximate surface area is 110 Å². The highest BCUT2D eigenvalue weighted by Crippen LogP contribution is 2.38. The molecule has 3 nitrogen and oxygen atoms in total. The van der Waals surface area contributed by atoms with E-state index in [0.717, 1.165) is 29.6 Å². The summed E-state index contributed by atoms with van der Waals surface area (Å²) >= 11 is 3.48. The molecule has 0 N–H and O–H groups in total. The Kier molecular flexibility index (Phi) is 2.77. The van der Waals surface area contributed by atoms with Gasteiger partial charge in [0.1, 0.15) is 5.69 Å². The molecular formula is C13H17BrN2O. The number of carbonyl (C=O) groups excluding carboxylic acids is 1. The molecule has 0 aromatic carbocycles. The molecule has 4 heteroatoms. The summed E-state index contributed by atoms with van der Waals surface area (Å²) in [6.07, 6.45) is 6.73. The second kappa shape index (κ2) is 4.16. The fraction of sp³-hybridized carbons (Fsp3) is 0.615. The first-order valence-corrected chi connectivity index (χ1v) is 7.14. The predicted octanol–water partition coefficient (Wildman–Crippen LogP) is 3.21. The molecule has 2 fully saturated rings. The summed E-state index contributed by atoms with van der Waals surface area (Å²) < 4.78 is 3.16. The van der Waals surface area contributed by atoms with E-state index in [1.165, 1.54) is 12.8 Å². The van der Waals surface area contributed by atoms with Gasteiger partial charge in [-0.15, -0.1) is 0 Å². The topological polar surface area (TPSA) is 25.2 Å². The monoisotopic (exact) mass is 296 g/mol. The van der Waals surface area contributed by atoms with Crippen molar-refractivity contribution in [3.63, 3.8) is 0 Å². The van der Waals surface area contributed by atoms with Crippen molar-refractivity contribution in [3.8, 4) is 0 Å². The van der Waals surface area contributed by atoms with Crippen LogP contribution in [-0.2, 0) is 0 Å². The van der Waals surface area contributed by atoms with Crippen LogP contribution in [0.4, 0.5) is 0 Å². The largest absolute Gasteiger partial charge is 0.339 e. The Bertz CT molecular complexity index is 450. The third kappa shape index (κ3) is 2.03. The molecule has 1 amide bonds. The van der Waals surface area contributed by atoms with Gasteiger partial charge in [0.15, 0.2) is 0 Å². The van der Waals surface area contributed by atoms with Crippen molar-refractivity contribution in [1.82, 2.24) is 9.47 Å². The maximum atomic E-state index is 12.5. The van der Waals surface area contributed by atoms with Crippen LogP contribution in [0.15, 0.2) is 16.7 Å². The minimum atomic E-state index is 0.201. The fourth-order valence-electron chi connectivity index (χ4n) is 2.65. The summed E-state index contributed by atoms with van der Waals surface area (Å²) in [6, 6.07) is 2.91. The number of rotatable bonds is 2. The number of hydrogen-bond acceptors (Lipinski definition) is 1. The van der Waals surface area contributed by atoms with Crippen LogP contribution in [0.3, 0.4) is 0 Å². The van der Waals surface area contributed by atoms with Gasteiger partial charge in [-0.3, -0.25) is 4.79 Å². The molecule has 1 aromatic heterocycles. The van der Waals surface area contributed by atoms with Gasteiger partial charge in [-0.1, -0.05) is 0 Å². The summed E-state index contributed by atoms with van der Waals surface area (Å²) in [5, 5.41) is 0. The molecule has 3 rings (SSSR count). The molecule has 1 atom stereocenters. The highest BCUT2D eigenvalue weighted by atomic mass is 79.9. The zero-order valence-corrected chi connectivity index (χ0v) is 11.6. The van der Waals surface area contributed by atoms with E-state index in [0.29, 0.717) is 12.1 Å². The van der Waals surface area contributed by atoms with Gasteiger partial charge in [0.05, 0.1) is 0 Å². The van der Waals surface area contributed by atoms with Crippen LogP contribution in [0, 0.1) is 0 Å². The highest BCUT2D eigenvalue weighted by molar-refractivity contribution is 9.10. The molecule has 2 heterocycles. The SMILES string of the molecule is CC1CCCN1C(=O)c1cc(Br)cn1C1CC1. The average molecular weight is 297 g/mol. The Balaban J connectivity index is 1.89. The van der Waals surface area contributed by atoms with Crippen molar-refractivity contribution < 1.29 is 4.79 Å². The molecule has 1 saturated carbocycles. The number of halogens is 1. The lowest BCUT2D eigenvalue weighted by Crippen LogP contribution is -2.34. The lowest BCUT2D eigenvalue weighted by molar-refractivity contribution is 0.0736. The molecule has 1 aliphatic carbocycles. The van der Waals surface area contributed by atoms with Crippen LogP contribution in [0.1, 0.15) is 49.1 Å². The van der Waals surface area contributed by atoms with Gasteiger partial charge >= 0.3 is 0 Å². The molecule has 0 radical (unpaired) electrons. The van der Waals surface area contributed by atoms with Gasteiger partial charge in [0.2, 0.25) is 0 Å². The van der Waals surface area contributed by atoms with Crippen LogP contribution in [0.2, 0.25) is 0 Å². The molecule has 1 unspecified atom stereocenters. The van der Waals surface area contributed by atoms with E-state index in [9.17, 15) is 4.79 Å². The van der Waals surface area contributed by atoms with Crippen LogP contribution >= 0.6 is 15.9 Å². The molecule has 0 spiro atoms. The van der Waals surface area contributed by atoms with Gasteiger partial charge in [0, 0.05) is 29.3 Å². The molecule has 1 aromatic rings. The van der Waals surface area contributed by atoms with Crippen LogP contribution < -0.4 is 0 Å². The fourth-order valence-corrected chi connectivity index (χ4v) is 3.09. The van der Waals surface area contributed by atoms with Crippen molar-refractivity contribution in [2.75, 3.05) is 6.54 Å². The number of likely N-dealkylation sites (tertiary alicyclic amines) is 1. The lowest BCUT2D eigenvalue weighted by atomic mass is 10.2.